The van der Waals surface area contributed by atoms with Crippen LogP contribution >= 0.6 is 0 Å². The maximum atomic E-state index is 12.7. The second-order valence-corrected chi connectivity index (χ2v) is 5.74. The van der Waals surface area contributed by atoms with Crippen molar-refractivity contribution in [3.05, 3.63) is 41.8 Å². The smallest absolute Gasteiger partial charge is 0.308 e. The summed E-state index contributed by atoms with van der Waals surface area (Å²) in [5.41, 5.74) is 1.79. The number of carboxylic acid groups (broad SMARTS) is 1. The molecule has 2 aromatic heterocycles. The van der Waals surface area contributed by atoms with E-state index in [1.54, 1.807) is 36.3 Å². The van der Waals surface area contributed by atoms with Crippen LogP contribution in [0, 0.1) is 12.8 Å². The summed E-state index contributed by atoms with van der Waals surface area (Å²) >= 11 is 0. The number of aliphatic carboxylic acids is 1. The first kappa shape index (κ1) is 15.3. The highest BCUT2D eigenvalue weighted by Gasteiger charge is 2.29. The first-order valence-corrected chi connectivity index (χ1v) is 7.60. The Kier molecular flexibility index (Phi) is 4.14. The van der Waals surface area contributed by atoms with Gasteiger partial charge in [0.1, 0.15) is 5.69 Å². The van der Waals surface area contributed by atoms with Gasteiger partial charge in [0, 0.05) is 13.1 Å². The summed E-state index contributed by atoms with van der Waals surface area (Å²) in [6, 6.07) is 7.07. The summed E-state index contributed by atoms with van der Waals surface area (Å²) in [4.78, 5) is 29.8. The molecule has 23 heavy (non-hydrogen) atoms. The third kappa shape index (κ3) is 3.11. The fourth-order valence-electron chi connectivity index (χ4n) is 2.88. The Morgan fingerprint density at radius 3 is 2.83 bits per heavy atom. The standard InChI is InChI=1S/C17H18N2O4/c1-11-13(6-7-14(18-11)15-5-3-9-23-15)16(20)19-8-2-4-12(10-19)17(21)22/h3,5-7,9,12H,2,4,8,10H2,1H3,(H,21,22)/t12-/m0/s1. The van der Waals surface area contributed by atoms with E-state index in [-0.39, 0.29) is 12.5 Å². The maximum Gasteiger partial charge on any atom is 0.308 e. The van der Waals surface area contributed by atoms with E-state index < -0.39 is 11.9 Å². The lowest BCUT2D eigenvalue weighted by molar-refractivity contribution is -0.143. The number of piperidine rings is 1. The average Bonchev–Trinajstić information content (AvgIpc) is 3.08. The molecule has 1 N–H and O–H groups in total. The van der Waals surface area contributed by atoms with Crippen molar-refractivity contribution in [1.29, 1.82) is 0 Å². The zero-order valence-corrected chi connectivity index (χ0v) is 12.9. The lowest BCUT2D eigenvalue weighted by atomic mass is 9.97. The van der Waals surface area contributed by atoms with Crippen LogP contribution in [0.25, 0.3) is 11.5 Å². The first-order valence-electron chi connectivity index (χ1n) is 7.60. The molecule has 0 saturated carbocycles. The monoisotopic (exact) mass is 314 g/mol. The van der Waals surface area contributed by atoms with Gasteiger partial charge in [-0.05, 0) is 44.0 Å². The summed E-state index contributed by atoms with van der Waals surface area (Å²) in [6.45, 7) is 2.62. The third-order valence-electron chi connectivity index (χ3n) is 4.15. The Balaban J connectivity index is 1.81. The molecule has 3 heterocycles. The lowest BCUT2D eigenvalue weighted by Gasteiger charge is -2.31. The number of likely N-dealkylation sites (tertiary alicyclic amines) is 1. The van der Waals surface area contributed by atoms with Crippen molar-refractivity contribution in [2.45, 2.75) is 19.8 Å². The summed E-state index contributed by atoms with van der Waals surface area (Å²) in [5.74, 6) is -0.836. The van der Waals surface area contributed by atoms with Crippen LogP contribution in [0.1, 0.15) is 28.9 Å². The van der Waals surface area contributed by atoms with E-state index in [0.29, 0.717) is 42.1 Å². The Bertz CT molecular complexity index is 724. The minimum absolute atomic E-state index is 0.160. The van der Waals surface area contributed by atoms with Crippen LogP contribution in [0.5, 0.6) is 0 Å². The van der Waals surface area contributed by atoms with Crippen LogP contribution in [-0.2, 0) is 4.79 Å². The van der Waals surface area contributed by atoms with Crippen molar-refractivity contribution in [2.24, 2.45) is 5.92 Å². The molecule has 6 nitrogen and oxygen atoms in total. The van der Waals surface area contributed by atoms with Crippen molar-refractivity contribution in [1.82, 2.24) is 9.88 Å². The summed E-state index contributed by atoms with van der Waals surface area (Å²) in [7, 11) is 0. The van der Waals surface area contributed by atoms with E-state index in [4.69, 9.17) is 9.52 Å². The third-order valence-corrected chi connectivity index (χ3v) is 4.15. The van der Waals surface area contributed by atoms with Gasteiger partial charge in [0.2, 0.25) is 0 Å². The molecule has 1 fully saturated rings. The molecule has 1 aliphatic heterocycles. The molecule has 0 radical (unpaired) electrons. The van der Waals surface area contributed by atoms with Gasteiger partial charge in [-0.15, -0.1) is 0 Å². The molecule has 0 unspecified atom stereocenters. The van der Waals surface area contributed by atoms with Gasteiger partial charge < -0.3 is 14.4 Å². The number of pyridine rings is 1. The Hall–Kier alpha value is -2.63. The van der Waals surface area contributed by atoms with Gasteiger partial charge >= 0.3 is 5.97 Å². The zero-order chi connectivity index (χ0) is 16.4. The van der Waals surface area contributed by atoms with E-state index in [2.05, 4.69) is 4.98 Å². The van der Waals surface area contributed by atoms with E-state index in [9.17, 15) is 9.59 Å². The van der Waals surface area contributed by atoms with Crippen LogP contribution in [0.4, 0.5) is 0 Å². The number of rotatable bonds is 3. The number of carboxylic acids is 1. The lowest BCUT2D eigenvalue weighted by Crippen LogP contribution is -2.42. The number of furan rings is 1. The summed E-state index contributed by atoms with van der Waals surface area (Å²) in [6.07, 6.45) is 2.90. The molecule has 0 spiro atoms. The minimum atomic E-state index is -0.842. The summed E-state index contributed by atoms with van der Waals surface area (Å²) in [5, 5.41) is 9.14. The topological polar surface area (TPSA) is 83.6 Å². The Morgan fingerprint density at radius 1 is 1.35 bits per heavy atom. The van der Waals surface area contributed by atoms with Gasteiger partial charge in [0.15, 0.2) is 5.76 Å². The van der Waals surface area contributed by atoms with Gasteiger partial charge in [0.05, 0.1) is 23.4 Å². The fraction of sp³-hybridized carbons (Fsp3) is 0.353. The number of hydrogen-bond acceptors (Lipinski definition) is 4. The number of carbonyl (C=O) groups excluding carboxylic acids is 1. The predicted octanol–water partition coefficient (Wildman–Crippen LogP) is 2.59. The average molecular weight is 314 g/mol. The largest absolute Gasteiger partial charge is 0.481 e. The van der Waals surface area contributed by atoms with Gasteiger partial charge in [-0.3, -0.25) is 9.59 Å². The number of carbonyl (C=O) groups is 2. The molecule has 1 amide bonds. The van der Waals surface area contributed by atoms with Gasteiger partial charge in [0.25, 0.3) is 5.91 Å². The van der Waals surface area contributed by atoms with Crippen molar-refractivity contribution in [3.63, 3.8) is 0 Å². The molecule has 6 heteroatoms. The van der Waals surface area contributed by atoms with Crippen LogP contribution < -0.4 is 0 Å². The van der Waals surface area contributed by atoms with Crippen LogP contribution in [0.15, 0.2) is 34.9 Å². The minimum Gasteiger partial charge on any atom is -0.481 e. The molecule has 1 atom stereocenters. The highest BCUT2D eigenvalue weighted by Crippen LogP contribution is 2.22. The molecule has 3 rings (SSSR count). The van der Waals surface area contributed by atoms with Crippen molar-refractivity contribution in [2.75, 3.05) is 13.1 Å². The molecule has 0 bridgehead atoms. The van der Waals surface area contributed by atoms with Crippen molar-refractivity contribution >= 4 is 11.9 Å². The van der Waals surface area contributed by atoms with Gasteiger partial charge in [-0.2, -0.15) is 0 Å². The van der Waals surface area contributed by atoms with Crippen LogP contribution in [0.3, 0.4) is 0 Å². The highest BCUT2D eigenvalue weighted by molar-refractivity contribution is 5.95. The van der Waals surface area contributed by atoms with E-state index in [1.165, 1.54) is 0 Å². The number of nitrogens with zero attached hydrogens (tertiary/aromatic N) is 2. The van der Waals surface area contributed by atoms with Gasteiger partial charge in [-0.25, -0.2) is 4.98 Å². The van der Waals surface area contributed by atoms with Gasteiger partial charge in [-0.1, -0.05) is 0 Å². The van der Waals surface area contributed by atoms with Crippen molar-refractivity contribution in [3.8, 4) is 11.5 Å². The maximum absolute atomic E-state index is 12.7. The molecule has 0 aromatic carbocycles. The van der Waals surface area contributed by atoms with E-state index in [1.807, 2.05) is 6.07 Å². The van der Waals surface area contributed by atoms with Crippen LogP contribution in [0.2, 0.25) is 0 Å². The van der Waals surface area contributed by atoms with E-state index >= 15 is 0 Å². The SMILES string of the molecule is Cc1nc(-c2ccco2)ccc1C(=O)N1CCC[C@H](C(=O)O)C1. The number of amides is 1. The molecule has 0 aliphatic carbocycles. The quantitative estimate of drug-likeness (QED) is 0.941. The molecule has 120 valence electrons. The van der Waals surface area contributed by atoms with Crippen molar-refractivity contribution < 1.29 is 19.1 Å². The second kappa shape index (κ2) is 6.24. The number of hydrogen-bond donors (Lipinski definition) is 1. The van der Waals surface area contributed by atoms with E-state index in [0.717, 1.165) is 0 Å². The molecule has 2 aromatic rings. The first-order chi connectivity index (χ1) is 11.1. The zero-order valence-electron chi connectivity index (χ0n) is 12.9. The van der Waals surface area contributed by atoms with Crippen LogP contribution in [-0.4, -0.2) is 40.0 Å². The second-order valence-electron chi connectivity index (χ2n) is 5.74. The summed E-state index contributed by atoms with van der Waals surface area (Å²) < 4.78 is 5.31. The normalized spacial score (nSPS) is 18.0. The molecule has 1 saturated heterocycles. The molecular weight excluding hydrogens is 296 g/mol. The fourth-order valence-corrected chi connectivity index (χ4v) is 2.88. The molecule has 1 aliphatic rings. The Morgan fingerprint density at radius 2 is 2.17 bits per heavy atom. The predicted molar refractivity (Wildman–Crippen MR) is 82.9 cm³/mol. The molecular formula is C17H18N2O4. The highest BCUT2D eigenvalue weighted by atomic mass is 16.4. The number of aryl methyl sites for hydroxylation is 1. The number of aromatic nitrogens is 1. The Labute approximate surface area is 133 Å².